The fraction of sp³-hybridized carbons (Fsp3) is 0.423. The zero-order valence-electron chi connectivity index (χ0n) is 19.5. The number of ether oxygens (including phenoxy) is 1. The number of fused-ring (bicyclic) bond motifs is 1. The number of halogens is 3. The van der Waals surface area contributed by atoms with Crippen LogP contribution in [0.5, 0.6) is 17.2 Å². The summed E-state index contributed by atoms with van der Waals surface area (Å²) in [6.45, 7) is 7.76. The third-order valence-electron chi connectivity index (χ3n) is 6.13. The summed E-state index contributed by atoms with van der Waals surface area (Å²) in [5.41, 5.74) is -0.209. The second-order valence-corrected chi connectivity index (χ2v) is 9.74. The molecule has 0 amide bonds. The lowest BCUT2D eigenvalue weighted by Gasteiger charge is -2.27. The summed E-state index contributed by atoms with van der Waals surface area (Å²) in [5, 5.41) is 10.3. The molecule has 1 N–H and O–H groups in total. The van der Waals surface area contributed by atoms with Crippen molar-refractivity contribution >= 4 is 11.0 Å². The number of hydrogen-bond acceptors (Lipinski definition) is 5. The number of rotatable bonds is 4. The van der Waals surface area contributed by atoms with Crippen LogP contribution in [-0.4, -0.2) is 23.1 Å². The number of nitrogens with zero attached hydrogens (tertiary/aromatic N) is 1. The van der Waals surface area contributed by atoms with Crippen molar-refractivity contribution in [2.24, 2.45) is 0 Å². The molecule has 0 saturated carbocycles. The molecule has 2 aromatic carbocycles. The maximum absolute atomic E-state index is 14.0. The van der Waals surface area contributed by atoms with Crippen LogP contribution >= 0.6 is 0 Å². The lowest BCUT2D eigenvalue weighted by molar-refractivity contribution is -0.154. The Morgan fingerprint density at radius 3 is 2.24 bits per heavy atom. The molecule has 0 radical (unpaired) electrons. The van der Waals surface area contributed by atoms with E-state index < -0.39 is 23.1 Å². The van der Waals surface area contributed by atoms with Crippen molar-refractivity contribution < 1.29 is 27.4 Å². The van der Waals surface area contributed by atoms with Crippen LogP contribution in [-0.2, 0) is 18.1 Å². The lowest BCUT2D eigenvalue weighted by atomic mass is 9.87. The van der Waals surface area contributed by atoms with Crippen LogP contribution in [0.1, 0.15) is 56.9 Å². The summed E-state index contributed by atoms with van der Waals surface area (Å²) in [7, 11) is 0. The van der Waals surface area contributed by atoms with E-state index in [1.54, 1.807) is 12.1 Å². The van der Waals surface area contributed by atoms with Gasteiger partial charge in [0.05, 0.1) is 10.9 Å². The van der Waals surface area contributed by atoms with E-state index in [-0.39, 0.29) is 40.0 Å². The van der Waals surface area contributed by atoms with Crippen LogP contribution in [0, 0.1) is 0 Å². The van der Waals surface area contributed by atoms with Gasteiger partial charge in [-0.25, -0.2) is 0 Å². The van der Waals surface area contributed by atoms with Crippen molar-refractivity contribution in [3.63, 3.8) is 0 Å². The summed E-state index contributed by atoms with van der Waals surface area (Å²) in [5.74, 6) is -2.55. The third-order valence-corrected chi connectivity index (χ3v) is 6.13. The molecule has 1 aliphatic heterocycles. The standard InChI is InChI=1S/C26H28F3NO4/c1-25(2,3)16-7-9-17(10-8-16)33-23-21(32)18-11-12-20(31)19(15-30-13-5-4-6-14-30)22(18)34-24(23)26(27,28)29/h7-12,31H,4-6,13-15H2,1-3H3. The summed E-state index contributed by atoms with van der Waals surface area (Å²) >= 11 is 0. The minimum absolute atomic E-state index is 0.0703. The van der Waals surface area contributed by atoms with E-state index in [1.807, 2.05) is 25.7 Å². The maximum Gasteiger partial charge on any atom is 0.453 e. The van der Waals surface area contributed by atoms with E-state index >= 15 is 0 Å². The summed E-state index contributed by atoms with van der Waals surface area (Å²) in [6, 6.07) is 9.14. The van der Waals surface area contributed by atoms with Gasteiger partial charge in [-0.05, 0) is 61.2 Å². The Bertz CT molecular complexity index is 1230. The number of phenolic OH excluding ortho intramolecular Hbond substituents is 1. The van der Waals surface area contributed by atoms with Crippen molar-refractivity contribution in [3.8, 4) is 17.2 Å². The Morgan fingerprint density at radius 1 is 1.00 bits per heavy atom. The second-order valence-electron chi connectivity index (χ2n) is 9.74. The number of benzene rings is 2. The molecule has 0 unspecified atom stereocenters. The van der Waals surface area contributed by atoms with Gasteiger partial charge in [0, 0.05) is 6.54 Å². The number of phenols is 1. The molecule has 0 atom stereocenters. The Kier molecular flexibility index (Phi) is 6.38. The van der Waals surface area contributed by atoms with Gasteiger partial charge in [0.25, 0.3) is 5.76 Å². The minimum atomic E-state index is -4.97. The van der Waals surface area contributed by atoms with Crippen LogP contribution in [0.25, 0.3) is 11.0 Å². The molecule has 1 aromatic heterocycles. The monoisotopic (exact) mass is 475 g/mol. The smallest absolute Gasteiger partial charge is 0.453 e. The van der Waals surface area contributed by atoms with E-state index in [2.05, 4.69) is 0 Å². The Morgan fingerprint density at radius 2 is 1.65 bits per heavy atom. The molecular weight excluding hydrogens is 447 g/mol. The van der Waals surface area contributed by atoms with Crippen molar-refractivity contribution in [2.45, 2.75) is 58.2 Å². The zero-order chi connectivity index (χ0) is 24.7. The van der Waals surface area contributed by atoms with Gasteiger partial charge >= 0.3 is 6.18 Å². The summed E-state index contributed by atoms with van der Waals surface area (Å²) in [6.07, 6.45) is -1.95. The largest absolute Gasteiger partial charge is 0.507 e. The lowest BCUT2D eigenvalue weighted by Crippen LogP contribution is -2.29. The molecule has 1 aliphatic rings. The third kappa shape index (κ3) is 4.92. The van der Waals surface area contributed by atoms with E-state index in [9.17, 15) is 23.1 Å². The molecule has 5 nitrogen and oxygen atoms in total. The van der Waals surface area contributed by atoms with Gasteiger partial charge in [0.2, 0.25) is 11.2 Å². The van der Waals surface area contributed by atoms with Gasteiger partial charge in [-0.3, -0.25) is 9.69 Å². The number of hydrogen-bond donors (Lipinski definition) is 1. The molecule has 0 spiro atoms. The van der Waals surface area contributed by atoms with E-state index in [4.69, 9.17) is 9.15 Å². The Hall–Kier alpha value is -3.00. The van der Waals surface area contributed by atoms with Crippen LogP contribution in [0.15, 0.2) is 45.6 Å². The first-order valence-electron chi connectivity index (χ1n) is 11.3. The van der Waals surface area contributed by atoms with Gasteiger partial charge in [0.1, 0.15) is 17.1 Å². The number of likely N-dealkylation sites (tertiary alicyclic amines) is 1. The first kappa shape index (κ1) is 24.1. The van der Waals surface area contributed by atoms with Crippen LogP contribution < -0.4 is 10.2 Å². The van der Waals surface area contributed by atoms with Crippen LogP contribution in [0.3, 0.4) is 0 Å². The van der Waals surface area contributed by atoms with Crippen molar-refractivity contribution in [1.29, 1.82) is 0 Å². The average Bonchev–Trinajstić information content (AvgIpc) is 2.77. The molecule has 2 heterocycles. The molecular formula is C26H28F3NO4. The second kappa shape index (κ2) is 8.98. The summed E-state index contributed by atoms with van der Waals surface area (Å²) in [4.78, 5) is 15.2. The van der Waals surface area contributed by atoms with Crippen molar-refractivity contribution in [3.05, 3.63) is 63.5 Å². The molecule has 1 fully saturated rings. The highest BCUT2D eigenvalue weighted by Gasteiger charge is 2.41. The summed E-state index contributed by atoms with van der Waals surface area (Å²) < 4.78 is 52.7. The quantitative estimate of drug-likeness (QED) is 0.461. The van der Waals surface area contributed by atoms with E-state index in [0.717, 1.165) is 37.9 Å². The highest BCUT2D eigenvalue weighted by atomic mass is 19.4. The van der Waals surface area contributed by atoms with E-state index in [0.29, 0.717) is 0 Å². The van der Waals surface area contributed by atoms with Gasteiger partial charge in [-0.15, -0.1) is 0 Å². The molecule has 0 bridgehead atoms. The fourth-order valence-corrected chi connectivity index (χ4v) is 4.20. The normalized spacial score (nSPS) is 15.6. The number of aromatic hydroxyl groups is 1. The highest BCUT2D eigenvalue weighted by Crippen LogP contribution is 2.40. The Balaban J connectivity index is 1.82. The zero-order valence-corrected chi connectivity index (χ0v) is 19.5. The Labute approximate surface area is 195 Å². The SMILES string of the molecule is CC(C)(C)c1ccc(Oc2c(C(F)(F)F)oc3c(CN4CCCCC4)c(O)ccc3c2=O)cc1. The van der Waals surface area contributed by atoms with Gasteiger partial charge in [-0.1, -0.05) is 39.3 Å². The molecule has 1 saturated heterocycles. The van der Waals surface area contributed by atoms with Gasteiger partial charge in [-0.2, -0.15) is 13.2 Å². The molecule has 0 aliphatic carbocycles. The van der Waals surface area contributed by atoms with E-state index in [1.165, 1.54) is 24.3 Å². The van der Waals surface area contributed by atoms with Crippen LogP contribution in [0.2, 0.25) is 0 Å². The minimum Gasteiger partial charge on any atom is -0.507 e. The highest BCUT2D eigenvalue weighted by molar-refractivity contribution is 5.83. The molecule has 8 heteroatoms. The number of piperidine rings is 1. The van der Waals surface area contributed by atoms with Gasteiger partial charge in [0.15, 0.2) is 0 Å². The predicted octanol–water partition coefficient (Wildman–Crippen LogP) is 6.59. The van der Waals surface area contributed by atoms with Crippen molar-refractivity contribution in [2.75, 3.05) is 13.1 Å². The molecule has 34 heavy (non-hydrogen) atoms. The average molecular weight is 476 g/mol. The van der Waals surface area contributed by atoms with Gasteiger partial charge < -0.3 is 14.3 Å². The molecule has 3 aromatic rings. The number of alkyl halides is 3. The van der Waals surface area contributed by atoms with Crippen LogP contribution in [0.4, 0.5) is 13.2 Å². The first-order chi connectivity index (χ1) is 15.9. The molecule has 182 valence electrons. The fourth-order valence-electron chi connectivity index (χ4n) is 4.20. The van der Waals surface area contributed by atoms with Crippen molar-refractivity contribution in [1.82, 2.24) is 4.90 Å². The maximum atomic E-state index is 14.0. The molecule has 4 rings (SSSR count). The predicted molar refractivity (Wildman–Crippen MR) is 123 cm³/mol. The topological polar surface area (TPSA) is 62.9 Å². The first-order valence-corrected chi connectivity index (χ1v) is 11.3.